The van der Waals surface area contributed by atoms with E-state index in [1.807, 2.05) is 6.92 Å². The Balaban J connectivity index is 1.79. The summed E-state index contributed by atoms with van der Waals surface area (Å²) in [5, 5.41) is 15.1. The third kappa shape index (κ3) is 2.97. The lowest BCUT2D eigenvalue weighted by Crippen LogP contribution is -2.25. The van der Waals surface area contributed by atoms with Gasteiger partial charge in [-0.1, -0.05) is 0 Å². The minimum Gasteiger partial charge on any atom is -0.393 e. The second-order valence-electron chi connectivity index (χ2n) is 5.65. The predicted octanol–water partition coefficient (Wildman–Crippen LogP) is 1.85. The van der Waals surface area contributed by atoms with Crippen LogP contribution in [0.5, 0.6) is 0 Å². The highest BCUT2D eigenvalue weighted by molar-refractivity contribution is 7.15. The van der Waals surface area contributed by atoms with Crippen LogP contribution in [0.2, 0.25) is 0 Å². The molecule has 2 heterocycles. The number of aliphatic hydroxyl groups is 1. The maximum Gasteiger partial charge on any atom is 0.195 e. The van der Waals surface area contributed by atoms with Crippen LogP contribution in [0.1, 0.15) is 31.9 Å². The van der Waals surface area contributed by atoms with Gasteiger partial charge in [-0.15, -0.1) is 11.3 Å². The lowest BCUT2D eigenvalue weighted by atomic mass is 10.2. The van der Waals surface area contributed by atoms with Crippen molar-refractivity contribution in [3.8, 4) is 0 Å². The minimum atomic E-state index is -0.269. The topological polar surface area (TPSA) is 52.8 Å². The van der Waals surface area contributed by atoms with Crippen LogP contribution in [0, 0.1) is 0 Å². The molecule has 0 saturated heterocycles. The Kier molecular flexibility index (Phi) is 3.96. The highest BCUT2D eigenvalue weighted by Crippen LogP contribution is 2.26. The van der Waals surface area contributed by atoms with Gasteiger partial charge in [0.15, 0.2) is 10.8 Å². The third-order valence-electron chi connectivity index (χ3n) is 3.72. The van der Waals surface area contributed by atoms with Gasteiger partial charge in [-0.25, -0.2) is 4.98 Å². The van der Waals surface area contributed by atoms with Crippen LogP contribution >= 0.6 is 11.3 Å². The van der Waals surface area contributed by atoms with Gasteiger partial charge in [0, 0.05) is 37.8 Å². The van der Waals surface area contributed by atoms with Crippen LogP contribution in [0.3, 0.4) is 0 Å². The first-order valence-corrected chi connectivity index (χ1v) is 8.10. The number of hydrogen-bond donors (Lipinski definition) is 2. The SMILES string of the molecule is CC(O)CCN(C)c1nc2sccn2c1CNC1CC1. The van der Waals surface area contributed by atoms with Gasteiger partial charge < -0.3 is 15.3 Å². The maximum atomic E-state index is 9.44. The van der Waals surface area contributed by atoms with Crippen molar-refractivity contribution in [2.75, 3.05) is 18.5 Å². The minimum absolute atomic E-state index is 0.269. The number of thiazole rings is 1. The summed E-state index contributed by atoms with van der Waals surface area (Å²) < 4.78 is 2.17. The molecule has 1 aliphatic carbocycles. The van der Waals surface area contributed by atoms with E-state index in [0.717, 1.165) is 30.3 Å². The number of aliphatic hydroxyl groups excluding tert-OH is 1. The first-order chi connectivity index (χ1) is 9.65. The molecule has 1 unspecified atom stereocenters. The smallest absolute Gasteiger partial charge is 0.195 e. The van der Waals surface area contributed by atoms with E-state index >= 15 is 0 Å². The molecule has 0 aliphatic heterocycles. The molecule has 2 aromatic heterocycles. The van der Waals surface area contributed by atoms with E-state index in [1.165, 1.54) is 18.5 Å². The number of nitrogens with one attached hydrogen (secondary N) is 1. The summed E-state index contributed by atoms with van der Waals surface area (Å²) in [7, 11) is 2.05. The van der Waals surface area contributed by atoms with Gasteiger partial charge in [-0.2, -0.15) is 0 Å². The van der Waals surface area contributed by atoms with E-state index in [-0.39, 0.29) is 6.10 Å². The molecule has 1 aliphatic rings. The molecule has 1 atom stereocenters. The van der Waals surface area contributed by atoms with Crippen molar-refractivity contribution < 1.29 is 5.11 Å². The molecule has 0 spiro atoms. The van der Waals surface area contributed by atoms with E-state index in [9.17, 15) is 5.11 Å². The lowest BCUT2D eigenvalue weighted by molar-refractivity contribution is 0.187. The zero-order valence-corrected chi connectivity index (χ0v) is 12.9. The first-order valence-electron chi connectivity index (χ1n) is 7.22. The van der Waals surface area contributed by atoms with E-state index in [1.54, 1.807) is 11.3 Å². The Morgan fingerprint density at radius 1 is 1.60 bits per heavy atom. The Labute approximate surface area is 123 Å². The van der Waals surface area contributed by atoms with Gasteiger partial charge in [-0.3, -0.25) is 4.40 Å². The molecule has 2 aromatic rings. The molecular weight excluding hydrogens is 272 g/mol. The summed E-state index contributed by atoms with van der Waals surface area (Å²) in [4.78, 5) is 7.92. The fourth-order valence-corrected chi connectivity index (χ4v) is 3.03. The second-order valence-corrected chi connectivity index (χ2v) is 6.53. The average Bonchev–Trinajstić information content (AvgIpc) is 3.01. The second kappa shape index (κ2) is 5.71. The number of anilines is 1. The van der Waals surface area contributed by atoms with Crippen molar-refractivity contribution in [1.29, 1.82) is 0 Å². The van der Waals surface area contributed by atoms with Gasteiger partial charge in [-0.05, 0) is 26.2 Å². The van der Waals surface area contributed by atoms with Crippen LogP contribution in [0.15, 0.2) is 11.6 Å². The zero-order valence-electron chi connectivity index (χ0n) is 12.0. The van der Waals surface area contributed by atoms with Gasteiger partial charge in [0.1, 0.15) is 0 Å². The van der Waals surface area contributed by atoms with Crippen molar-refractivity contribution in [1.82, 2.24) is 14.7 Å². The molecule has 5 nitrogen and oxygen atoms in total. The molecule has 2 N–H and O–H groups in total. The summed E-state index contributed by atoms with van der Waals surface area (Å²) in [6, 6.07) is 0.690. The van der Waals surface area contributed by atoms with E-state index < -0.39 is 0 Å². The Bertz CT molecular complexity index is 573. The fraction of sp³-hybridized carbons (Fsp3) is 0.643. The summed E-state index contributed by atoms with van der Waals surface area (Å²) in [5.74, 6) is 1.03. The van der Waals surface area contributed by atoms with Gasteiger partial charge in [0.25, 0.3) is 0 Å². The van der Waals surface area contributed by atoms with Crippen molar-refractivity contribution in [3.05, 3.63) is 17.3 Å². The molecule has 0 bridgehead atoms. The summed E-state index contributed by atoms with van der Waals surface area (Å²) in [6.45, 7) is 3.50. The largest absolute Gasteiger partial charge is 0.393 e. The summed E-state index contributed by atoms with van der Waals surface area (Å²) in [5.41, 5.74) is 1.22. The number of nitrogens with zero attached hydrogens (tertiary/aromatic N) is 3. The lowest BCUT2D eigenvalue weighted by Gasteiger charge is -2.19. The normalized spacial score (nSPS) is 16.8. The number of imidazole rings is 1. The molecular formula is C14H22N4OS. The molecule has 0 aromatic carbocycles. The summed E-state index contributed by atoms with van der Waals surface area (Å²) in [6.07, 6.45) is 5.16. The first kappa shape index (κ1) is 13.9. The van der Waals surface area contributed by atoms with Crippen LogP contribution in [-0.4, -0.2) is 40.2 Å². The van der Waals surface area contributed by atoms with Crippen molar-refractivity contribution in [2.24, 2.45) is 0 Å². The molecule has 110 valence electrons. The highest BCUT2D eigenvalue weighted by atomic mass is 32.1. The molecule has 0 amide bonds. The molecule has 0 radical (unpaired) electrons. The summed E-state index contributed by atoms with van der Waals surface area (Å²) >= 11 is 1.66. The van der Waals surface area contributed by atoms with E-state index in [4.69, 9.17) is 4.98 Å². The van der Waals surface area contributed by atoms with Crippen LogP contribution in [0.4, 0.5) is 5.82 Å². The Morgan fingerprint density at radius 2 is 2.40 bits per heavy atom. The van der Waals surface area contributed by atoms with Crippen LogP contribution in [-0.2, 0) is 6.54 Å². The molecule has 6 heteroatoms. The molecule has 20 heavy (non-hydrogen) atoms. The number of aromatic nitrogens is 2. The number of rotatable bonds is 7. The average molecular weight is 294 g/mol. The molecule has 3 rings (SSSR count). The van der Waals surface area contributed by atoms with Crippen LogP contribution in [0.25, 0.3) is 4.96 Å². The van der Waals surface area contributed by atoms with Crippen molar-refractivity contribution in [2.45, 2.75) is 44.9 Å². The Morgan fingerprint density at radius 3 is 3.10 bits per heavy atom. The third-order valence-corrected chi connectivity index (χ3v) is 4.48. The number of fused-ring (bicyclic) bond motifs is 1. The highest BCUT2D eigenvalue weighted by Gasteiger charge is 2.23. The van der Waals surface area contributed by atoms with E-state index in [0.29, 0.717) is 6.04 Å². The van der Waals surface area contributed by atoms with Crippen LogP contribution < -0.4 is 10.2 Å². The molecule has 1 fully saturated rings. The Hall–Kier alpha value is -1.11. The van der Waals surface area contributed by atoms with E-state index in [2.05, 4.69) is 33.2 Å². The van der Waals surface area contributed by atoms with Gasteiger partial charge in [0.2, 0.25) is 0 Å². The fourth-order valence-electron chi connectivity index (χ4n) is 2.31. The monoisotopic (exact) mass is 294 g/mol. The molecule has 1 saturated carbocycles. The quantitative estimate of drug-likeness (QED) is 0.818. The van der Waals surface area contributed by atoms with Crippen molar-refractivity contribution >= 4 is 22.1 Å². The van der Waals surface area contributed by atoms with Crippen molar-refractivity contribution in [3.63, 3.8) is 0 Å². The zero-order chi connectivity index (χ0) is 14.1. The standard InChI is InChI=1S/C14H22N4OS/c1-10(19)5-6-17(2)13-12(9-15-11-3-4-11)18-7-8-20-14(18)16-13/h7-8,10-11,15,19H,3-6,9H2,1-2H3. The number of hydrogen-bond acceptors (Lipinski definition) is 5. The maximum absolute atomic E-state index is 9.44. The van der Waals surface area contributed by atoms with Gasteiger partial charge >= 0.3 is 0 Å². The van der Waals surface area contributed by atoms with Gasteiger partial charge in [0.05, 0.1) is 11.8 Å². The predicted molar refractivity (Wildman–Crippen MR) is 82.5 cm³/mol.